The van der Waals surface area contributed by atoms with Crippen LogP contribution in [-0.2, 0) is 14.4 Å². The molecule has 26 heavy (non-hydrogen) atoms. The van der Waals surface area contributed by atoms with Crippen molar-refractivity contribution < 1.29 is 19.1 Å². The number of anilines is 1. The van der Waals surface area contributed by atoms with Gasteiger partial charge in [-0.15, -0.1) is 6.58 Å². The number of carbonyl (C=O) groups excluding carboxylic acids is 3. The highest BCUT2D eigenvalue weighted by atomic mass is 16.5. The number of rotatable bonds is 4. The van der Waals surface area contributed by atoms with Crippen LogP contribution in [0.15, 0.2) is 36.9 Å². The zero-order valence-corrected chi connectivity index (χ0v) is 14.7. The lowest BCUT2D eigenvalue weighted by Crippen LogP contribution is -2.48. The number of imide groups is 1. The Kier molecular flexibility index (Phi) is 3.72. The van der Waals surface area contributed by atoms with E-state index >= 15 is 0 Å². The largest absolute Gasteiger partial charge is 0.497 e. The molecule has 0 N–H and O–H groups in total. The molecule has 0 radical (unpaired) electrons. The number of Topliss-reactive ketones (excluding diaryl/α,β-unsaturated/α-hetero) is 1. The van der Waals surface area contributed by atoms with Crippen molar-refractivity contribution in [2.24, 2.45) is 11.8 Å². The summed E-state index contributed by atoms with van der Waals surface area (Å²) < 4.78 is 5.27. The van der Waals surface area contributed by atoms with Gasteiger partial charge in [0, 0.05) is 17.8 Å². The number of carbonyl (C=O) groups is 3. The molecule has 3 aliphatic rings. The van der Waals surface area contributed by atoms with Gasteiger partial charge in [0.05, 0.1) is 25.0 Å². The first-order valence-corrected chi connectivity index (χ1v) is 8.60. The summed E-state index contributed by atoms with van der Waals surface area (Å²) >= 11 is 0. The molecule has 4 atom stereocenters. The van der Waals surface area contributed by atoms with Crippen LogP contribution in [0.4, 0.5) is 5.69 Å². The summed E-state index contributed by atoms with van der Waals surface area (Å²) in [5, 5.41) is 0. The third-order valence-corrected chi connectivity index (χ3v) is 5.53. The topological polar surface area (TPSA) is 66.9 Å². The average molecular weight is 352 g/mol. The van der Waals surface area contributed by atoms with E-state index in [9.17, 15) is 14.4 Å². The Bertz CT molecular complexity index is 859. The highest BCUT2D eigenvalue weighted by molar-refractivity contribution is 6.11. The molecule has 2 fully saturated rings. The van der Waals surface area contributed by atoms with Gasteiger partial charge in [-0.2, -0.15) is 0 Å². The van der Waals surface area contributed by atoms with Gasteiger partial charge in [0.1, 0.15) is 11.8 Å². The lowest BCUT2D eigenvalue weighted by molar-refractivity contribution is -0.140. The summed E-state index contributed by atoms with van der Waals surface area (Å²) in [4.78, 5) is 41.4. The molecular formula is C20H20N2O4. The van der Waals surface area contributed by atoms with E-state index in [-0.39, 0.29) is 30.2 Å². The molecule has 1 aromatic rings. The molecule has 0 unspecified atom stereocenters. The van der Waals surface area contributed by atoms with Crippen LogP contribution in [-0.4, -0.2) is 48.2 Å². The van der Waals surface area contributed by atoms with Crippen molar-refractivity contribution in [3.05, 3.63) is 42.5 Å². The minimum absolute atomic E-state index is 0.110. The maximum absolute atomic E-state index is 12.9. The predicted molar refractivity (Wildman–Crippen MR) is 96.7 cm³/mol. The standard InChI is InChI=1S/C20H20N2O4/c1-4-9-21-19(24)16-15-7-5-12-10-13(26-3)6-8-14(12)22(15)18(11(2)23)17(16)20(21)25/h4-8,10,15-18H,1,9H2,2-3H3/t15-,16-,17-,18+/m1/s1. The van der Waals surface area contributed by atoms with Gasteiger partial charge in [-0.3, -0.25) is 19.3 Å². The van der Waals surface area contributed by atoms with Gasteiger partial charge in [0.15, 0.2) is 5.78 Å². The molecule has 3 heterocycles. The highest BCUT2D eigenvalue weighted by Gasteiger charge is 2.63. The molecule has 0 bridgehead atoms. The molecular weight excluding hydrogens is 332 g/mol. The Hall–Kier alpha value is -2.89. The second-order valence-corrected chi connectivity index (χ2v) is 6.86. The van der Waals surface area contributed by atoms with Crippen molar-refractivity contribution >= 4 is 29.4 Å². The van der Waals surface area contributed by atoms with Crippen molar-refractivity contribution in [1.82, 2.24) is 4.90 Å². The predicted octanol–water partition coefficient (Wildman–Crippen LogP) is 1.66. The molecule has 0 saturated carbocycles. The van der Waals surface area contributed by atoms with Crippen molar-refractivity contribution in [2.75, 3.05) is 18.6 Å². The number of likely N-dealkylation sites (tertiary alicyclic amines) is 1. The fourth-order valence-corrected chi connectivity index (χ4v) is 4.51. The highest BCUT2D eigenvalue weighted by Crippen LogP contribution is 2.48. The quantitative estimate of drug-likeness (QED) is 0.609. The third kappa shape index (κ3) is 2.08. The van der Waals surface area contributed by atoms with E-state index < -0.39 is 17.9 Å². The fraction of sp³-hybridized carbons (Fsp3) is 0.350. The van der Waals surface area contributed by atoms with Crippen LogP contribution in [0.3, 0.4) is 0 Å². The number of hydrogen-bond donors (Lipinski definition) is 0. The Morgan fingerprint density at radius 2 is 2.00 bits per heavy atom. The Balaban J connectivity index is 1.83. The number of ether oxygens (including phenoxy) is 1. The van der Waals surface area contributed by atoms with Gasteiger partial charge in [-0.25, -0.2) is 0 Å². The first kappa shape index (κ1) is 16.6. The summed E-state index contributed by atoms with van der Waals surface area (Å²) in [7, 11) is 1.60. The SMILES string of the molecule is C=CCN1C(=O)[C@@H]2[C@H](C1=O)[C@H]1C=Cc3cc(OC)ccc3N1[C@H]2C(C)=O. The Morgan fingerprint density at radius 3 is 2.65 bits per heavy atom. The van der Waals surface area contributed by atoms with E-state index in [4.69, 9.17) is 4.74 Å². The van der Waals surface area contributed by atoms with E-state index in [0.717, 1.165) is 17.0 Å². The van der Waals surface area contributed by atoms with Crippen molar-refractivity contribution in [2.45, 2.75) is 19.0 Å². The van der Waals surface area contributed by atoms with E-state index in [1.165, 1.54) is 17.9 Å². The fourth-order valence-electron chi connectivity index (χ4n) is 4.51. The number of methoxy groups -OCH3 is 1. The number of amides is 2. The van der Waals surface area contributed by atoms with Crippen LogP contribution in [0.1, 0.15) is 12.5 Å². The molecule has 0 aromatic heterocycles. The van der Waals surface area contributed by atoms with Gasteiger partial charge in [0.2, 0.25) is 11.8 Å². The molecule has 6 nitrogen and oxygen atoms in total. The van der Waals surface area contributed by atoms with E-state index in [2.05, 4.69) is 6.58 Å². The third-order valence-electron chi connectivity index (χ3n) is 5.53. The lowest BCUT2D eigenvalue weighted by Gasteiger charge is -2.36. The minimum atomic E-state index is -0.650. The first-order valence-electron chi connectivity index (χ1n) is 8.60. The molecule has 134 valence electrons. The molecule has 2 amide bonds. The van der Waals surface area contributed by atoms with Crippen LogP contribution in [0, 0.1) is 11.8 Å². The smallest absolute Gasteiger partial charge is 0.236 e. The molecule has 1 aromatic carbocycles. The molecule has 4 rings (SSSR count). The maximum Gasteiger partial charge on any atom is 0.236 e. The summed E-state index contributed by atoms with van der Waals surface area (Å²) in [5.74, 6) is -1.08. The van der Waals surface area contributed by atoms with E-state index in [1.807, 2.05) is 35.3 Å². The molecule has 6 heteroatoms. The van der Waals surface area contributed by atoms with Crippen LogP contribution in [0.5, 0.6) is 5.75 Å². The monoisotopic (exact) mass is 352 g/mol. The van der Waals surface area contributed by atoms with Gasteiger partial charge < -0.3 is 9.64 Å². The lowest BCUT2D eigenvalue weighted by atomic mass is 9.88. The summed E-state index contributed by atoms with van der Waals surface area (Å²) in [6, 6.07) is 4.65. The molecule has 2 saturated heterocycles. The average Bonchev–Trinajstić information content (AvgIpc) is 3.10. The van der Waals surface area contributed by atoms with Crippen LogP contribution in [0.25, 0.3) is 6.08 Å². The molecule has 3 aliphatic heterocycles. The normalized spacial score (nSPS) is 28.7. The van der Waals surface area contributed by atoms with Gasteiger partial charge in [-0.1, -0.05) is 18.2 Å². The van der Waals surface area contributed by atoms with Crippen molar-refractivity contribution in [3.8, 4) is 5.75 Å². The van der Waals surface area contributed by atoms with Gasteiger partial charge in [-0.05, 0) is 25.1 Å². The minimum Gasteiger partial charge on any atom is -0.497 e. The summed E-state index contributed by atoms with van der Waals surface area (Å²) in [5.41, 5.74) is 1.76. The van der Waals surface area contributed by atoms with E-state index in [1.54, 1.807) is 7.11 Å². The first-order chi connectivity index (χ1) is 12.5. The zero-order valence-electron chi connectivity index (χ0n) is 14.7. The van der Waals surface area contributed by atoms with Gasteiger partial charge in [0.25, 0.3) is 0 Å². The number of nitrogens with zero attached hydrogens (tertiary/aromatic N) is 2. The van der Waals surface area contributed by atoms with Crippen LogP contribution < -0.4 is 9.64 Å². The number of benzene rings is 1. The van der Waals surface area contributed by atoms with Crippen LogP contribution >= 0.6 is 0 Å². The van der Waals surface area contributed by atoms with Crippen molar-refractivity contribution in [3.63, 3.8) is 0 Å². The Labute approximate surface area is 151 Å². The van der Waals surface area contributed by atoms with Gasteiger partial charge >= 0.3 is 0 Å². The Morgan fingerprint density at radius 1 is 1.27 bits per heavy atom. The zero-order chi connectivity index (χ0) is 18.6. The maximum atomic E-state index is 12.9. The number of fused-ring (bicyclic) bond motifs is 5. The van der Waals surface area contributed by atoms with E-state index in [0.29, 0.717) is 0 Å². The van der Waals surface area contributed by atoms with Crippen LogP contribution in [0.2, 0.25) is 0 Å². The second-order valence-electron chi connectivity index (χ2n) is 6.86. The molecule has 0 spiro atoms. The second kappa shape index (κ2) is 5.83. The molecule has 0 aliphatic carbocycles. The summed E-state index contributed by atoms with van der Waals surface area (Å²) in [6.45, 7) is 5.29. The van der Waals surface area contributed by atoms with Crippen molar-refractivity contribution in [1.29, 1.82) is 0 Å². The number of ketones is 1. The number of hydrogen-bond acceptors (Lipinski definition) is 5. The summed E-state index contributed by atoms with van der Waals surface area (Å²) in [6.07, 6.45) is 5.40.